The van der Waals surface area contributed by atoms with Crippen LogP contribution in [-0.4, -0.2) is 17.1 Å². The molecule has 66 valence electrons. The first-order valence-electron chi connectivity index (χ1n) is 3.70. The lowest BCUT2D eigenvalue weighted by molar-refractivity contribution is -0.133. The summed E-state index contributed by atoms with van der Waals surface area (Å²) in [6.45, 7) is 1.77. The number of allylic oxidation sites excluding steroid dienone is 1. The molecule has 0 aromatic carbocycles. The van der Waals surface area contributed by atoms with Gasteiger partial charge in [-0.3, -0.25) is 0 Å². The van der Waals surface area contributed by atoms with Crippen LogP contribution in [0.2, 0.25) is 0 Å². The fourth-order valence-corrected chi connectivity index (χ4v) is 1.19. The minimum absolute atomic E-state index is 0.171. The molecule has 0 fully saturated rings. The van der Waals surface area contributed by atoms with Gasteiger partial charge in [0.05, 0.1) is 0 Å². The van der Waals surface area contributed by atoms with Crippen molar-refractivity contribution >= 4 is 5.97 Å². The van der Waals surface area contributed by atoms with Gasteiger partial charge in [-0.05, 0) is 12.2 Å². The number of hydrogen-bond acceptors (Lipinski definition) is 3. The molecule has 4 heteroatoms. The second kappa shape index (κ2) is 2.98. The van der Waals surface area contributed by atoms with E-state index in [0.29, 0.717) is 5.70 Å². The van der Waals surface area contributed by atoms with Crippen LogP contribution >= 0.6 is 0 Å². The van der Waals surface area contributed by atoms with Gasteiger partial charge in [-0.15, -0.1) is 0 Å². The first-order valence-corrected chi connectivity index (χ1v) is 3.70. The molecule has 5 N–H and O–H groups in total. The zero-order chi connectivity index (χ0) is 9.30. The first kappa shape index (κ1) is 8.80. The fourth-order valence-electron chi connectivity index (χ4n) is 1.19. The van der Waals surface area contributed by atoms with Gasteiger partial charge in [0.25, 0.3) is 0 Å². The normalized spacial score (nSPS) is 29.2. The minimum Gasteiger partial charge on any atom is -0.478 e. The molecule has 0 amide bonds. The highest BCUT2D eigenvalue weighted by Gasteiger charge is 2.24. The summed E-state index contributed by atoms with van der Waals surface area (Å²) in [6.07, 6.45) is 3.12. The van der Waals surface area contributed by atoms with E-state index >= 15 is 0 Å². The Bertz CT molecular complexity index is 268. The van der Waals surface area contributed by atoms with Gasteiger partial charge in [0.15, 0.2) is 0 Å². The Morgan fingerprint density at radius 2 is 2.25 bits per heavy atom. The van der Waals surface area contributed by atoms with Crippen molar-refractivity contribution in [1.29, 1.82) is 0 Å². The third-order valence-electron chi connectivity index (χ3n) is 2.02. The Hall–Kier alpha value is -1.29. The molecule has 2 atom stereocenters. The van der Waals surface area contributed by atoms with Gasteiger partial charge >= 0.3 is 5.97 Å². The van der Waals surface area contributed by atoms with Crippen molar-refractivity contribution < 1.29 is 9.90 Å². The minimum atomic E-state index is -0.950. The topological polar surface area (TPSA) is 89.3 Å². The number of hydrogen-bond donors (Lipinski definition) is 3. The van der Waals surface area contributed by atoms with Crippen molar-refractivity contribution in [1.82, 2.24) is 0 Å². The maximum absolute atomic E-state index is 10.6. The van der Waals surface area contributed by atoms with Crippen LogP contribution in [0.15, 0.2) is 23.4 Å². The third-order valence-corrected chi connectivity index (χ3v) is 2.02. The van der Waals surface area contributed by atoms with E-state index in [4.69, 9.17) is 16.6 Å². The van der Waals surface area contributed by atoms with Crippen LogP contribution < -0.4 is 11.5 Å². The standard InChI is InChI=1S/C8H12N2O2/c1-4-6(8(11)12)2-5(9)3-7(4)10/h2-4,7H,9-10H2,1H3,(H,11,12). The number of rotatable bonds is 1. The maximum Gasteiger partial charge on any atom is 0.331 e. The largest absolute Gasteiger partial charge is 0.478 e. The van der Waals surface area contributed by atoms with Crippen LogP contribution in [0, 0.1) is 5.92 Å². The molecule has 1 aliphatic rings. The van der Waals surface area contributed by atoms with Crippen molar-refractivity contribution in [3.8, 4) is 0 Å². The van der Waals surface area contributed by atoms with Crippen LogP contribution in [0.3, 0.4) is 0 Å². The van der Waals surface area contributed by atoms with E-state index in [1.54, 1.807) is 13.0 Å². The van der Waals surface area contributed by atoms with Gasteiger partial charge in [-0.25, -0.2) is 4.79 Å². The molecule has 0 bridgehead atoms. The second-order valence-corrected chi connectivity index (χ2v) is 2.94. The molecule has 0 radical (unpaired) electrons. The highest BCUT2D eigenvalue weighted by molar-refractivity contribution is 5.88. The molecule has 0 spiro atoms. The van der Waals surface area contributed by atoms with E-state index in [-0.39, 0.29) is 17.5 Å². The average Bonchev–Trinajstić information content (AvgIpc) is 1.96. The molecule has 1 rings (SSSR count). The molecular formula is C8H12N2O2. The van der Waals surface area contributed by atoms with Crippen molar-refractivity contribution in [2.75, 3.05) is 0 Å². The predicted octanol–water partition coefficient (Wildman–Crippen LogP) is -0.183. The Morgan fingerprint density at radius 1 is 1.67 bits per heavy atom. The average molecular weight is 168 g/mol. The maximum atomic E-state index is 10.6. The van der Waals surface area contributed by atoms with Crippen molar-refractivity contribution in [2.24, 2.45) is 17.4 Å². The van der Waals surface area contributed by atoms with E-state index in [2.05, 4.69) is 0 Å². The van der Waals surface area contributed by atoms with E-state index in [1.807, 2.05) is 0 Å². The van der Waals surface area contributed by atoms with Crippen LogP contribution in [0.5, 0.6) is 0 Å². The number of aliphatic carboxylic acids is 1. The summed E-state index contributed by atoms with van der Waals surface area (Å²) in [6, 6.07) is -0.291. The SMILES string of the molecule is CC1C(C(=O)O)=CC(N)=CC1N. The zero-order valence-corrected chi connectivity index (χ0v) is 6.82. The molecule has 0 aromatic heterocycles. The molecule has 0 heterocycles. The number of carboxylic acids is 1. The molecule has 4 nitrogen and oxygen atoms in total. The lowest BCUT2D eigenvalue weighted by atomic mass is 9.88. The van der Waals surface area contributed by atoms with Crippen LogP contribution in [0.25, 0.3) is 0 Å². The van der Waals surface area contributed by atoms with Crippen molar-refractivity contribution in [3.05, 3.63) is 23.4 Å². The molecule has 2 unspecified atom stereocenters. The Labute approximate surface area is 70.5 Å². The third kappa shape index (κ3) is 1.48. The smallest absolute Gasteiger partial charge is 0.331 e. The number of carbonyl (C=O) groups is 1. The van der Waals surface area contributed by atoms with Crippen LogP contribution in [-0.2, 0) is 4.79 Å². The van der Waals surface area contributed by atoms with E-state index in [9.17, 15) is 4.79 Å². The van der Waals surface area contributed by atoms with Crippen molar-refractivity contribution in [2.45, 2.75) is 13.0 Å². The predicted molar refractivity (Wildman–Crippen MR) is 45.1 cm³/mol. The van der Waals surface area contributed by atoms with Gasteiger partial charge in [0.1, 0.15) is 0 Å². The monoisotopic (exact) mass is 168 g/mol. The van der Waals surface area contributed by atoms with E-state index < -0.39 is 5.97 Å². The zero-order valence-electron chi connectivity index (χ0n) is 6.82. The summed E-state index contributed by atoms with van der Waals surface area (Å²) >= 11 is 0. The van der Waals surface area contributed by atoms with Gasteiger partial charge in [0.2, 0.25) is 0 Å². The Balaban J connectivity index is 2.98. The molecule has 0 aromatic rings. The number of nitrogens with two attached hydrogens (primary N) is 2. The fraction of sp³-hybridized carbons (Fsp3) is 0.375. The van der Waals surface area contributed by atoms with Gasteiger partial charge in [-0.1, -0.05) is 6.92 Å². The second-order valence-electron chi connectivity index (χ2n) is 2.94. The quantitative estimate of drug-likeness (QED) is 0.506. The highest BCUT2D eigenvalue weighted by Crippen LogP contribution is 2.20. The molecule has 0 saturated heterocycles. The summed E-state index contributed by atoms with van der Waals surface area (Å²) in [5.74, 6) is -1.12. The van der Waals surface area contributed by atoms with E-state index in [0.717, 1.165) is 0 Å². The summed E-state index contributed by atoms with van der Waals surface area (Å²) < 4.78 is 0. The van der Waals surface area contributed by atoms with Gasteiger partial charge in [-0.2, -0.15) is 0 Å². The molecule has 0 aliphatic heterocycles. The molecular weight excluding hydrogens is 156 g/mol. The summed E-state index contributed by atoms with van der Waals surface area (Å²) in [7, 11) is 0. The molecule has 0 saturated carbocycles. The summed E-state index contributed by atoms with van der Waals surface area (Å²) in [4.78, 5) is 10.6. The molecule has 12 heavy (non-hydrogen) atoms. The Morgan fingerprint density at radius 3 is 2.75 bits per heavy atom. The van der Waals surface area contributed by atoms with Gasteiger partial charge < -0.3 is 16.6 Å². The summed E-state index contributed by atoms with van der Waals surface area (Å²) in [5, 5.41) is 8.74. The van der Waals surface area contributed by atoms with Gasteiger partial charge in [0, 0.05) is 23.2 Å². The lowest BCUT2D eigenvalue weighted by Crippen LogP contribution is -2.33. The molecule has 1 aliphatic carbocycles. The first-order chi connectivity index (χ1) is 5.52. The Kier molecular flexibility index (Phi) is 2.19. The highest BCUT2D eigenvalue weighted by atomic mass is 16.4. The van der Waals surface area contributed by atoms with Crippen LogP contribution in [0.4, 0.5) is 0 Å². The summed E-state index contributed by atoms with van der Waals surface area (Å²) in [5.41, 5.74) is 11.8. The number of carboxylic acid groups (broad SMARTS) is 1. The van der Waals surface area contributed by atoms with E-state index in [1.165, 1.54) is 6.08 Å². The van der Waals surface area contributed by atoms with Crippen LogP contribution in [0.1, 0.15) is 6.92 Å². The van der Waals surface area contributed by atoms with Crippen molar-refractivity contribution in [3.63, 3.8) is 0 Å². The lowest BCUT2D eigenvalue weighted by Gasteiger charge is -2.21.